The molecule has 186 valence electrons. The Bertz CT molecular complexity index is 1180. The molecular formula is C25H29ClF4N2OS. The fraction of sp³-hybridized carbons (Fsp3) is 0.440. The molecule has 0 saturated heterocycles. The van der Waals surface area contributed by atoms with Gasteiger partial charge in [-0.15, -0.1) is 4.72 Å². The minimum Gasteiger partial charge on any atom is -0.598 e. The third-order valence-corrected chi connectivity index (χ3v) is 7.12. The molecule has 0 amide bonds. The molecule has 34 heavy (non-hydrogen) atoms. The summed E-state index contributed by atoms with van der Waals surface area (Å²) >= 11 is 4.28. The zero-order chi connectivity index (χ0) is 25.6. The van der Waals surface area contributed by atoms with Crippen LogP contribution in [0.3, 0.4) is 0 Å². The molecular weight excluding hydrogens is 488 g/mol. The van der Waals surface area contributed by atoms with E-state index in [1.54, 1.807) is 49.6 Å². The molecule has 0 aliphatic carbocycles. The zero-order valence-corrected chi connectivity index (χ0v) is 21.6. The Morgan fingerprint density at radius 3 is 2.18 bits per heavy atom. The molecule has 0 spiro atoms. The number of nitrogens with zero attached hydrogens (tertiary/aromatic N) is 1. The number of fused-ring (bicyclic) bond motifs is 1. The van der Waals surface area contributed by atoms with Crippen LogP contribution in [0.4, 0.5) is 17.6 Å². The molecule has 0 aliphatic heterocycles. The van der Waals surface area contributed by atoms with Crippen LogP contribution < -0.4 is 4.72 Å². The van der Waals surface area contributed by atoms with Crippen molar-refractivity contribution in [3.05, 3.63) is 59.0 Å². The Hall–Kier alpha value is -1.74. The van der Waals surface area contributed by atoms with Gasteiger partial charge in [-0.1, -0.05) is 50.6 Å². The molecule has 3 aromatic rings. The highest BCUT2D eigenvalue weighted by Gasteiger charge is 2.47. The third kappa shape index (κ3) is 5.90. The van der Waals surface area contributed by atoms with Gasteiger partial charge in [-0.3, -0.25) is 0 Å². The molecule has 1 aromatic heterocycles. The van der Waals surface area contributed by atoms with Crippen molar-refractivity contribution in [1.29, 1.82) is 0 Å². The fourth-order valence-electron chi connectivity index (χ4n) is 3.69. The van der Waals surface area contributed by atoms with Gasteiger partial charge in [-0.05, 0) is 44.4 Å². The van der Waals surface area contributed by atoms with E-state index >= 15 is 4.39 Å². The maximum Gasteiger partial charge on any atom is 0.412 e. The lowest BCUT2D eigenvalue weighted by atomic mass is 9.96. The molecule has 3 nitrogen and oxygen atoms in total. The van der Waals surface area contributed by atoms with Gasteiger partial charge in [0, 0.05) is 56.7 Å². The van der Waals surface area contributed by atoms with E-state index in [0.29, 0.717) is 22.6 Å². The molecule has 1 unspecified atom stereocenters. The summed E-state index contributed by atoms with van der Waals surface area (Å²) in [6, 6.07) is 7.15. The highest BCUT2D eigenvalue weighted by atomic mass is 35.5. The smallest absolute Gasteiger partial charge is 0.412 e. The largest absolute Gasteiger partial charge is 0.598 e. The summed E-state index contributed by atoms with van der Waals surface area (Å²) in [5, 5.41) is 0.448. The van der Waals surface area contributed by atoms with Crippen LogP contribution in [0.5, 0.6) is 0 Å². The number of halogens is 5. The Kier molecular flexibility index (Phi) is 7.40. The van der Waals surface area contributed by atoms with Gasteiger partial charge in [-0.25, -0.2) is 4.39 Å². The van der Waals surface area contributed by atoms with E-state index in [9.17, 15) is 17.7 Å². The van der Waals surface area contributed by atoms with E-state index in [4.69, 9.17) is 11.6 Å². The van der Waals surface area contributed by atoms with Gasteiger partial charge >= 0.3 is 6.18 Å². The Balaban J connectivity index is 2.28. The van der Waals surface area contributed by atoms with Crippen molar-refractivity contribution in [2.75, 3.05) is 0 Å². The summed E-state index contributed by atoms with van der Waals surface area (Å²) in [6.07, 6.45) is -3.36. The van der Waals surface area contributed by atoms with Crippen LogP contribution in [0.25, 0.3) is 22.0 Å². The summed E-state index contributed by atoms with van der Waals surface area (Å²) < 4.78 is 73.6. The van der Waals surface area contributed by atoms with Crippen LogP contribution in [0.15, 0.2) is 42.6 Å². The summed E-state index contributed by atoms with van der Waals surface area (Å²) in [7, 11) is 0. The second-order valence-electron chi connectivity index (χ2n) is 10.6. The van der Waals surface area contributed by atoms with Crippen molar-refractivity contribution in [1.82, 2.24) is 9.29 Å². The molecule has 3 rings (SSSR count). The number of hydrogen-bond donors (Lipinski definition) is 1. The average Bonchev–Trinajstić information content (AvgIpc) is 2.99. The first-order chi connectivity index (χ1) is 15.5. The van der Waals surface area contributed by atoms with Gasteiger partial charge in [0.25, 0.3) is 0 Å². The molecule has 9 heteroatoms. The van der Waals surface area contributed by atoms with Crippen LogP contribution in [0.1, 0.15) is 53.1 Å². The van der Waals surface area contributed by atoms with E-state index < -0.39 is 34.1 Å². The van der Waals surface area contributed by atoms with Gasteiger partial charge in [0.2, 0.25) is 0 Å². The number of aromatic nitrogens is 1. The summed E-state index contributed by atoms with van der Waals surface area (Å²) in [5.74, 6) is -0.687. The van der Waals surface area contributed by atoms with Crippen LogP contribution in [0.2, 0.25) is 5.02 Å². The summed E-state index contributed by atoms with van der Waals surface area (Å²) in [6.45, 7) is 11.0. The van der Waals surface area contributed by atoms with Crippen LogP contribution >= 0.6 is 11.6 Å². The van der Waals surface area contributed by atoms with Crippen molar-refractivity contribution in [2.45, 2.75) is 65.1 Å². The third-order valence-electron chi connectivity index (χ3n) is 5.23. The van der Waals surface area contributed by atoms with E-state index in [1.165, 1.54) is 12.3 Å². The lowest BCUT2D eigenvalue weighted by Gasteiger charge is -2.29. The van der Waals surface area contributed by atoms with Crippen LogP contribution in [0, 0.1) is 11.2 Å². The zero-order valence-electron chi connectivity index (χ0n) is 20.0. The Labute approximate surface area is 205 Å². The van der Waals surface area contributed by atoms with Crippen molar-refractivity contribution in [2.24, 2.45) is 5.41 Å². The Morgan fingerprint density at radius 2 is 1.65 bits per heavy atom. The normalized spacial score (nSPS) is 15.1. The molecule has 1 heterocycles. The number of hydrogen-bond acceptors (Lipinski definition) is 2. The van der Waals surface area contributed by atoms with Crippen molar-refractivity contribution in [3.63, 3.8) is 0 Å². The highest BCUT2D eigenvalue weighted by molar-refractivity contribution is 7.90. The number of nitrogens with one attached hydrogen (secondary N) is 1. The van der Waals surface area contributed by atoms with E-state index in [-0.39, 0.29) is 21.9 Å². The molecule has 0 fully saturated rings. The standard InChI is InChI=1S/C25H29ClF4N2OS/c1-23(2,3)14-32-13-18(22(25(28,29)30)31-34(33)24(4,5)6)17-11-20(27)16(12-21(17)32)15-9-7-8-10-19(15)26/h7-13,22,31H,14H2,1-6H3/t22-,34?/m0/s1. The van der Waals surface area contributed by atoms with E-state index in [0.717, 1.165) is 6.07 Å². The second kappa shape index (κ2) is 9.37. The van der Waals surface area contributed by atoms with Crippen molar-refractivity contribution in [3.8, 4) is 11.1 Å². The molecule has 2 aromatic carbocycles. The lowest BCUT2D eigenvalue weighted by molar-refractivity contribution is -0.152. The minimum absolute atomic E-state index is 0.110. The van der Waals surface area contributed by atoms with Crippen LogP contribution in [-0.4, -0.2) is 20.0 Å². The second-order valence-corrected chi connectivity index (χ2v) is 13.0. The predicted molar refractivity (Wildman–Crippen MR) is 132 cm³/mol. The van der Waals surface area contributed by atoms with Gasteiger partial charge in [0.05, 0.1) is 0 Å². The maximum absolute atomic E-state index is 15.3. The molecule has 0 bridgehead atoms. The average molecular weight is 517 g/mol. The van der Waals surface area contributed by atoms with Crippen molar-refractivity contribution < 1.29 is 22.1 Å². The first kappa shape index (κ1) is 26.9. The fourth-order valence-corrected chi connectivity index (χ4v) is 4.75. The van der Waals surface area contributed by atoms with Gasteiger partial charge in [0.1, 0.15) is 10.6 Å². The van der Waals surface area contributed by atoms with Gasteiger partial charge in [-0.2, -0.15) is 13.2 Å². The number of rotatable bonds is 5. The molecule has 0 saturated carbocycles. The molecule has 0 aliphatic rings. The molecule has 0 radical (unpaired) electrons. The molecule has 1 N–H and O–H groups in total. The minimum atomic E-state index is -4.75. The topological polar surface area (TPSA) is 40.0 Å². The maximum atomic E-state index is 15.3. The lowest BCUT2D eigenvalue weighted by Crippen LogP contribution is -2.45. The first-order valence-electron chi connectivity index (χ1n) is 10.8. The number of benzene rings is 2. The molecule has 2 atom stereocenters. The summed E-state index contributed by atoms with van der Waals surface area (Å²) in [5.41, 5.74) is 0.658. The van der Waals surface area contributed by atoms with Gasteiger partial charge in [0.15, 0.2) is 6.04 Å². The highest BCUT2D eigenvalue weighted by Crippen LogP contribution is 2.41. The number of alkyl halides is 3. The summed E-state index contributed by atoms with van der Waals surface area (Å²) in [4.78, 5) is 0. The van der Waals surface area contributed by atoms with Gasteiger partial charge < -0.3 is 9.12 Å². The van der Waals surface area contributed by atoms with E-state index in [1.807, 2.05) is 20.8 Å². The quantitative estimate of drug-likeness (QED) is 0.277. The first-order valence-corrected chi connectivity index (χ1v) is 12.3. The predicted octanol–water partition coefficient (Wildman–Crippen LogP) is 7.80. The van der Waals surface area contributed by atoms with Crippen molar-refractivity contribution >= 4 is 33.9 Å². The monoisotopic (exact) mass is 516 g/mol. The van der Waals surface area contributed by atoms with E-state index in [2.05, 4.69) is 4.72 Å². The van der Waals surface area contributed by atoms with Crippen LogP contribution in [-0.2, 0) is 17.9 Å². The Morgan fingerprint density at radius 1 is 1.03 bits per heavy atom. The SMILES string of the molecule is CC(C)(C)Cn1cc([C@H](N[S+]([O-])C(C)(C)C)C(F)(F)F)c2cc(F)c(-c3ccccc3Cl)cc21.